The van der Waals surface area contributed by atoms with Crippen molar-refractivity contribution in [2.24, 2.45) is 0 Å². The maximum Gasteiger partial charge on any atom is 0.193 e. The van der Waals surface area contributed by atoms with Crippen LogP contribution in [0.2, 0.25) is 0 Å². The molecule has 2 rings (SSSR count). The van der Waals surface area contributed by atoms with Gasteiger partial charge < -0.3 is 5.73 Å². The van der Waals surface area contributed by atoms with E-state index in [1.165, 1.54) is 18.2 Å². The third-order valence-corrected chi connectivity index (χ3v) is 3.38. The van der Waals surface area contributed by atoms with Crippen LogP contribution in [0.3, 0.4) is 0 Å². The number of carbonyl (C=O) groups excluding carboxylic acids is 1. The summed E-state index contributed by atoms with van der Waals surface area (Å²) in [6, 6.07) is 9.12. The Labute approximate surface area is 113 Å². The van der Waals surface area contributed by atoms with E-state index < -0.39 is 0 Å². The molecule has 0 aliphatic rings. The summed E-state index contributed by atoms with van der Waals surface area (Å²) < 4.78 is 13.7. The van der Waals surface area contributed by atoms with Crippen molar-refractivity contribution >= 4 is 27.4 Å². The maximum atomic E-state index is 13.0. The molecular weight excluding hydrogens is 297 g/mol. The molecule has 0 aromatic heterocycles. The fourth-order valence-corrected chi connectivity index (χ4v) is 2.08. The molecule has 0 radical (unpaired) electrons. The monoisotopic (exact) mass is 307 g/mol. The molecule has 2 N–H and O–H groups in total. The molecule has 0 saturated carbocycles. The highest BCUT2D eigenvalue weighted by molar-refractivity contribution is 9.10. The van der Waals surface area contributed by atoms with E-state index in [0.717, 1.165) is 0 Å². The molecule has 92 valence electrons. The van der Waals surface area contributed by atoms with Crippen molar-refractivity contribution in [3.8, 4) is 0 Å². The van der Waals surface area contributed by atoms with Crippen LogP contribution in [-0.2, 0) is 0 Å². The molecule has 0 atom stereocenters. The van der Waals surface area contributed by atoms with Gasteiger partial charge in [0, 0.05) is 21.3 Å². The largest absolute Gasteiger partial charge is 0.398 e. The lowest BCUT2D eigenvalue weighted by atomic mass is 9.99. The van der Waals surface area contributed by atoms with E-state index in [2.05, 4.69) is 15.9 Å². The predicted molar refractivity (Wildman–Crippen MR) is 73.1 cm³/mol. The van der Waals surface area contributed by atoms with Gasteiger partial charge in [0.05, 0.1) is 0 Å². The maximum absolute atomic E-state index is 13.0. The summed E-state index contributed by atoms with van der Waals surface area (Å²) in [6.07, 6.45) is 0. The van der Waals surface area contributed by atoms with Crippen molar-refractivity contribution in [2.45, 2.75) is 6.92 Å². The van der Waals surface area contributed by atoms with E-state index in [4.69, 9.17) is 5.73 Å². The average molecular weight is 308 g/mol. The standard InChI is InChI=1S/C14H11BrFNO/c1-8-6-10(16)3-4-11(8)14(18)9-2-5-13(17)12(15)7-9/h2-7H,17H2,1H3. The van der Waals surface area contributed by atoms with Crippen molar-refractivity contribution in [1.82, 2.24) is 0 Å². The van der Waals surface area contributed by atoms with Crippen LogP contribution in [-0.4, -0.2) is 5.78 Å². The van der Waals surface area contributed by atoms with Crippen molar-refractivity contribution in [3.05, 3.63) is 63.4 Å². The minimum Gasteiger partial charge on any atom is -0.398 e. The molecule has 0 bridgehead atoms. The molecule has 0 aliphatic carbocycles. The minimum absolute atomic E-state index is 0.145. The molecule has 0 amide bonds. The van der Waals surface area contributed by atoms with E-state index in [-0.39, 0.29) is 11.6 Å². The Morgan fingerprint density at radius 3 is 2.56 bits per heavy atom. The first-order valence-corrected chi connectivity index (χ1v) is 6.14. The molecule has 0 spiro atoms. The Balaban J connectivity index is 2.44. The van der Waals surface area contributed by atoms with Crippen LogP contribution in [0.25, 0.3) is 0 Å². The van der Waals surface area contributed by atoms with Gasteiger partial charge in [0.15, 0.2) is 5.78 Å². The molecule has 2 aromatic carbocycles. The Bertz CT molecular complexity index is 625. The van der Waals surface area contributed by atoms with E-state index in [1.54, 1.807) is 25.1 Å². The first-order valence-electron chi connectivity index (χ1n) is 5.35. The summed E-state index contributed by atoms with van der Waals surface area (Å²) >= 11 is 3.28. The molecule has 0 saturated heterocycles. The Morgan fingerprint density at radius 2 is 1.94 bits per heavy atom. The zero-order chi connectivity index (χ0) is 13.3. The molecule has 0 heterocycles. The van der Waals surface area contributed by atoms with Crippen LogP contribution in [0.15, 0.2) is 40.9 Å². The molecule has 0 unspecified atom stereocenters. The van der Waals surface area contributed by atoms with Crippen LogP contribution >= 0.6 is 15.9 Å². The highest BCUT2D eigenvalue weighted by Gasteiger charge is 2.13. The third-order valence-electron chi connectivity index (χ3n) is 2.70. The van der Waals surface area contributed by atoms with Crippen molar-refractivity contribution in [1.29, 1.82) is 0 Å². The van der Waals surface area contributed by atoms with Gasteiger partial charge in [-0.1, -0.05) is 0 Å². The van der Waals surface area contributed by atoms with E-state index in [0.29, 0.717) is 26.9 Å². The zero-order valence-electron chi connectivity index (χ0n) is 9.71. The Kier molecular flexibility index (Phi) is 3.48. The van der Waals surface area contributed by atoms with E-state index in [9.17, 15) is 9.18 Å². The lowest BCUT2D eigenvalue weighted by Gasteiger charge is -2.06. The minimum atomic E-state index is -0.345. The quantitative estimate of drug-likeness (QED) is 0.679. The first kappa shape index (κ1) is 12.8. The number of nitrogen functional groups attached to an aromatic ring is 1. The number of ketones is 1. The summed E-state index contributed by atoms with van der Waals surface area (Å²) in [4.78, 5) is 12.3. The topological polar surface area (TPSA) is 43.1 Å². The molecule has 0 aliphatic heterocycles. The second-order valence-corrected chi connectivity index (χ2v) is 4.88. The molecule has 18 heavy (non-hydrogen) atoms. The lowest BCUT2D eigenvalue weighted by Crippen LogP contribution is -2.04. The zero-order valence-corrected chi connectivity index (χ0v) is 11.3. The van der Waals surface area contributed by atoms with Crippen LogP contribution < -0.4 is 5.73 Å². The number of halogens is 2. The number of hydrogen-bond acceptors (Lipinski definition) is 2. The number of rotatable bonds is 2. The third kappa shape index (κ3) is 2.43. The van der Waals surface area contributed by atoms with Crippen molar-refractivity contribution < 1.29 is 9.18 Å². The van der Waals surface area contributed by atoms with Gasteiger partial charge in [-0.05, 0) is 64.8 Å². The van der Waals surface area contributed by atoms with Crippen molar-refractivity contribution in [3.63, 3.8) is 0 Å². The number of hydrogen-bond donors (Lipinski definition) is 1. The Hall–Kier alpha value is -1.68. The average Bonchev–Trinajstić information content (AvgIpc) is 2.32. The normalized spacial score (nSPS) is 10.4. The lowest BCUT2D eigenvalue weighted by molar-refractivity contribution is 0.103. The number of carbonyl (C=O) groups is 1. The van der Waals surface area contributed by atoms with Crippen LogP contribution in [0.1, 0.15) is 21.5 Å². The fraction of sp³-hybridized carbons (Fsp3) is 0.0714. The molecule has 0 fully saturated rings. The number of aryl methyl sites for hydroxylation is 1. The number of benzene rings is 2. The summed E-state index contributed by atoms with van der Waals surface area (Å²) in [5, 5.41) is 0. The van der Waals surface area contributed by atoms with Gasteiger partial charge in [0.2, 0.25) is 0 Å². The summed E-state index contributed by atoms with van der Waals surface area (Å²) in [5.74, 6) is -0.490. The fourth-order valence-electron chi connectivity index (χ4n) is 1.71. The highest BCUT2D eigenvalue weighted by atomic mass is 79.9. The van der Waals surface area contributed by atoms with Crippen LogP contribution in [0.5, 0.6) is 0 Å². The van der Waals surface area contributed by atoms with Gasteiger partial charge in [0.25, 0.3) is 0 Å². The van der Waals surface area contributed by atoms with Crippen LogP contribution in [0.4, 0.5) is 10.1 Å². The van der Waals surface area contributed by atoms with Gasteiger partial charge in [-0.25, -0.2) is 4.39 Å². The van der Waals surface area contributed by atoms with Crippen LogP contribution in [0, 0.1) is 12.7 Å². The molecular formula is C14H11BrFNO. The smallest absolute Gasteiger partial charge is 0.193 e. The number of nitrogens with two attached hydrogens (primary N) is 1. The van der Waals surface area contributed by atoms with Gasteiger partial charge in [0.1, 0.15) is 5.82 Å². The van der Waals surface area contributed by atoms with E-state index >= 15 is 0 Å². The highest BCUT2D eigenvalue weighted by Crippen LogP contribution is 2.23. The van der Waals surface area contributed by atoms with E-state index in [1.807, 2.05) is 0 Å². The predicted octanol–water partition coefficient (Wildman–Crippen LogP) is 3.71. The summed E-state index contributed by atoms with van der Waals surface area (Å²) in [6.45, 7) is 1.71. The van der Waals surface area contributed by atoms with Gasteiger partial charge >= 0.3 is 0 Å². The first-order chi connectivity index (χ1) is 8.49. The Morgan fingerprint density at radius 1 is 1.22 bits per heavy atom. The molecule has 2 aromatic rings. The second-order valence-electron chi connectivity index (χ2n) is 4.02. The molecule has 4 heteroatoms. The van der Waals surface area contributed by atoms with Gasteiger partial charge in [-0.3, -0.25) is 4.79 Å². The second kappa shape index (κ2) is 4.90. The van der Waals surface area contributed by atoms with Gasteiger partial charge in [-0.2, -0.15) is 0 Å². The van der Waals surface area contributed by atoms with Gasteiger partial charge in [-0.15, -0.1) is 0 Å². The van der Waals surface area contributed by atoms with Crippen molar-refractivity contribution in [2.75, 3.05) is 5.73 Å². The summed E-state index contributed by atoms with van der Waals surface area (Å²) in [5.41, 5.74) is 7.87. The summed E-state index contributed by atoms with van der Waals surface area (Å²) in [7, 11) is 0. The number of anilines is 1. The SMILES string of the molecule is Cc1cc(F)ccc1C(=O)c1ccc(N)c(Br)c1. The molecule has 2 nitrogen and oxygen atoms in total.